The van der Waals surface area contributed by atoms with Crippen LogP contribution in [0, 0.1) is 11.0 Å². The second-order valence-electron chi connectivity index (χ2n) is 10.9. The summed E-state index contributed by atoms with van der Waals surface area (Å²) in [6, 6.07) is 9.32. The summed E-state index contributed by atoms with van der Waals surface area (Å²) in [5.74, 6) is -0.776. The number of carbonyl (C=O) groups excluding carboxylic acids is 1. The molecule has 0 N–H and O–H groups in total. The molecule has 1 atom stereocenters. The first-order chi connectivity index (χ1) is 22.5. The van der Waals surface area contributed by atoms with Crippen molar-refractivity contribution in [3.8, 4) is 27.9 Å². The number of carbonyl (C=O) groups is 1. The number of amides is 1. The van der Waals surface area contributed by atoms with Crippen LogP contribution >= 0.6 is 11.6 Å². The van der Waals surface area contributed by atoms with Gasteiger partial charge in [0.15, 0.2) is 18.1 Å². The van der Waals surface area contributed by atoms with Gasteiger partial charge in [0, 0.05) is 49.5 Å². The van der Waals surface area contributed by atoms with Gasteiger partial charge in [-0.15, -0.1) is 5.10 Å². The van der Waals surface area contributed by atoms with Crippen molar-refractivity contribution in [3.05, 3.63) is 113 Å². The first-order valence-corrected chi connectivity index (χ1v) is 15.0. The van der Waals surface area contributed by atoms with E-state index >= 15 is 4.39 Å². The molecule has 5 aromatic heterocycles. The summed E-state index contributed by atoms with van der Waals surface area (Å²) in [5.41, 5.74) is 3.19. The summed E-state index contributed by atoms with van der Waals surface area (Å²) >= 11 is 6.14. The SMILES string of the molecule is O=C(c1cnn(CC(c2ccc(-c3c(-n4cnnn4)ccc(Cl)c3F)c[n+]2[O-])n2cc(-c3ccncc3)cn2)c1)N1CCCCC1. The zero-order valence-electron chi connectivity index (χ0n) is 24.4. The van der Waals surface area contributed by atoms with Crippen LogP contribution in [0.1, 0.15) is 41.4 Å². The van der Waals surface area contributed by atoms with Crippen LogP contribution in [0.2, 0.25) is 5.02 Å². The zero-order chi connectivity index (χ0) is 31.6. The van der Waals surface area contributed by atoms with Gasteiger partial charge >= 0.3 is 0 Å². The Kier molecular flexibility index (Phi) is 7.93. The predicted molar refractivity (Wildman–Crippen MR) is 164 cm³/mol. The van der Waals surface area contributed by atoms with E-state index in [-0.39, 0.29) is 28.6 Å². The summed E-state index contributed by atoms with van der Waals surface area (Å²) in [6.45, 7) is 1.64. The first kappa shape index (κ1) is 29.2. The Bertz CT molecular complexity index is 1990. The molecule has 7 rings (SSSR count). The fourth-order valence-electron chi connectivity index (χ4n) is 5.72. The van der Waals surface area contributed by atoms with E-state index in [1.165, 1.54) is 23.3 Å². The molecule has 1 saturated heterocycles. The number of tetrazole rings is 1. The van der Waals surface area contributed by atoms with Crippen LogP contribution in [0.25, 0.3) is 27.9 Å². The molecule has 0 aliphatic carbocycles. The van der Waals surface area contributed by atoms with Gasteiger partial charge in [-0.3, -0.25) is 19.1 Å². The number of piperidine rings is 1. The maximum atomic E-state index is 15.5. The van der Waals surface area contributed by atoms with Gasteiger partial charge in [-0.05, 0) is 65.6 Å². The van der Waals surface area contributed by atoms with Crippen LogP contribution in [0.5, 0.6) is 0 Å². The monoisotopic (exact) mass is 639 g/mol. The molecule has 1 fully saturated rings. The predicted octanol–water partition coefficient (Wildman–Crippen LogP) is 4.13. The summed E-state index contributed by atoms with van der Waals surface area (Å²) in [5, 5.41) is 33.9. The third-order valence-electron chi connectivity index (χ3n) is 8.06. The first-order valence-electron chi connectivity index (χ1n) is 14.7. The van der Waals surface area contributed by atoms with Gasteiger partial charge in [-0.25, -0.2) is 4.39 Å². The van der Waals surface area contributed by atoms with Crippen molar-refractivity contribution < 1.29 is 13.9 Å². The van der Waals surface area contributed by atoms with Gasteiger partial charge in [0.2, 0.25) is 5.69 Å². The van der Waals surface area contributed by atoms with E-state index < -0.39 is 11.9 Å². The minimum Gasteiger partial charge on any atom is -0.618 e. The van der Waals surface area contributed by atoms with Gasteiger partial charge in [0.1, 0.15) is 6.33 Å². The minimum absolute atomic E-state index is 0.0632. The number of pyridine rings is 2. The van der Waals surface area contributed by atoms with Gasteiger partial charge in [-0.1, -0.05) is 11.6 Å². The Morgan fingerprint density at radius 3 is 2.57 bits per heavy atom. The van der Waals surface area contributed by atoms with E-state index in [2.05, 4.69) is 30.7 Å². The highest BCUT2D eigenvalue weighted by Gasteiger charge is 2.28. The average Bonchev–Trinajstić information content (AvgIpc) is 3.89. The quantitative estimate of drug-likeness (QED) is 0.179. The standard InChI is InChI=1S/C31H27ClFN11O2/c32-25-5-7-27(43-20-35-38-39-43)29(30(25)33)22-4-6-26(44(46)18-22)28(42-17-23(14-37-42)21-8-10-34-11-9-21)19-41-16-24(15-36-41)31(45)40-12-2-1-3-13-40/h4-11,14-18,20,28H,1-3,12-13,19H2. The number of rotatable bonds is 8. The summed E-state index contributed by atoms with van der Waals surface area (Å²) in [6.07, 6.45) is 15.9. The van der Waals surface area contributed by atoms with Crippen LogP contribution in [0.3, 0.4) is 0 Å². The molecule has 1 aliphatic heterocycles. The molecule has 232 valence electrons. The molecule has 6 heterocycles. The lowest BCUT2D eigenvalue weighted by Crippen LogP contribution is -2.37. The Morgan fingerprint density at radius 1 is 0.978 bits per heavy atom. The molecule has 46 heavy (non-hydrogen) atoms. The lowest BCUT2D eigenvalue weighted by Gasteiger charge is -2.26. The molecule has 0 bridgehead atoms. The highest BCUT2D eigenvalue weighted by Crippen LogP contribution is 2.33. The van der Waals surface area contributed by atoms with E-state index in [1.54, 1.807) is 58.5 Å². The molecule has 1 unspecified atom stereocenters. The largest absolute Gasteiger partial charge is 0.618 e. The number of hydrogen-bond donors (Lipinski definition) is 0. The molecular weight excluding hydrogens is 613 g/mol. The fourth-order valence-corrected chi connectivity index (χ4v) is 5.88. The topological polar surface area (TPSA) is 139 Å². The van der Waals surface area contributed by atoms with E-state index in [0.29, 0.717) is 21.7 Å². The lowest BCUT2D eigenvalue weighted by atomic mass is 10.0. The van der Waals surface area contributed by atoms with Crippen molar-refractivity contribution in [2.24, 2.45) is 0 Å². The van der Waals surface area contributed by atoms with Crippen molar-refractivity contribution in [2.45, 2.75) is 31.8 Å². The maximum Gasteiger partial charge on any atom is 0.257 e. The second kappa shape index (κ2) is 12.5. The van der Waals surface area contributed by atoms with Crippen LogP contribution in [-0.2, 0) is 6.54 Å². The van der Waals surface area contributed by atoms with E-state index in [4.69, 9.17) is 11.6 Å². The van der Waals surface area contributed by atoms with Gasteiger partial charge in [0.05, 0.1) is 46.3 Å². The van der Waals surface area contributed by atoms with Crippen molar-refractivity contribution in [1.29, 1.82) is 0 Å². The molecule has 0 saturated carbocycles. The molecule has 1 amide bonds. The number of nitrogens with zero attached hydrogens (tertiary/aromatic N) is 11. The van der Waals surface area contributed by atoms with Crippen LogP contribution in [0.4, 0.5) is 4.39 Å². The molecule has 13 nitrogen and oxygen atoms in total. The Labute approximate surface area is 267 Å². The summed E-state index contributed by atoms with van der Waals surface area (Å²) < 4.78 is 20.8. The second-order valence-corrected chi connectivity index (χ2v) is 11.4. The summed E-state index contributed by atoms with van der Waals surface area (Å²) in [4.78, 5) is 19.1. The molecule has 1 aliphatic rings. The lowest BCUT2D eigenvalue weighted by molar-refractivity contribution is -0.615. The molecule has 6 aromatic rings. The molecule has 1 aromatic carbocycles. The number of benzene rings is 1. The third-order valence-corrected chi connectivity index (χ3v) is 8.35. The maximum absolute atomic E-state index is 15.5. The number of hydrogen-bond acceptors (Lipinski definition) is 8. The highest BCUT2D eigenvalue weighted by atomic mass is 35.5. The zero-order valence-corrected chi connectivity index (χ0v) is 25.2. The number of halogens is 2. The van der Waals surface area contributed by atoms with Crippen molar-refractivity contribution >= 4 is 17.5 Å². The highest BCUT2D eigenvalue weighted by molar-refractivity contribution is 6.31. The normalized spacial score (nSPS) is 14.0. The van der Waals surface area contributed by atoms with Gasteiger partial charge in [-0.2, -0.15) is 19.6 Å². The smallest absolute Gasteiger partial charge is 0.257 e. The molecular formula is C31H27ClFN11O2. The number of aromatic nitrogens is 10. The van der Waals surface area contributed by atoms with Gasteiger partial charge in [0.25, 0.3) is 5.91 Å². The Balaban J connectivity index is 1.26. The molecule has 15 heteroatoms. The molecule has 0 spiro atoms. The van der Waals surface area contributed by atoms with Gasteiger partial charge < -0.3 is 10.1 Å². The van der Waals surface area contributed by atoms with Crippen molar-refractivity contribution in [1.82, 2.24) is 49.7 Å². The van der Waals surface area contributed by atoms with Crippen LogP contribution < -0.4 is 4.73 Å². The minimum atomic E-state index is -0.713. The van der Waals surface area contributed by atoms with Crippen molar-refractivity contribution in [2.75, 3.05) is 13.1 Å². The summed E-state index contributed by atoms with van der Waals surface area (Å²) in [7, 11) is 0. The van der Waals surface area contributed by atoms with Crippen LogP contribution in [0.15, 0.2) is 86.1 Å². The van der Waals surface area contributed by atoms with E-state index in [1.807, 2.05) is 23.2 Å². The van der Waals surface area contributed by atoms with E-state index in [0.717, 1.165) is 43.5 Å². The average molecular weight is 640 g/mol. The fraction of sp³-hybridized carbons (Fsp3) is 0.226. The molecule has 0 radical (unpaired) electrons. The van der Waals surface area contributed by atoms with E-state index in [9.17, 15) is 10.0 Å². The Morgan fingerprint density at radius 2 is 1.80 bits per heavy atom. The number of likely N-dealkylation sites (tertiary alicyclic amines) is 1. The Hall–Kier alpha value is -5.50. The van der Waals surface area contributed by atoms with Crippen LogP contribution in [-0.4, -0.2) is 68.6 Å². The van der Waals surface area contributed by atoms with Crippen molar-refractivity contribution in [3.63, 3.8) is 0 Å². The third kappa shape index (κ3) is 5.70.